The Morgan fingerprint density at radius 2 is 1.74 bits per heavy atom. The number of ether oxygens (including phenoxy) is 1. The van der Waals surface area contributed by atoms with Crippen molar-refractivity contribution in [3.8, 4) is 5.75 Å². The van der Waals surface area contributed by atoms with Gasteiger partial charge in [0.25, 0.3) is 11.6 Å². The molecule has 1 amide bonds. The van der Waals surface area contributed by atoms with E-state index in [4.69, 9.17) is 9.15 Å². The largest absolute Gasteiger partial charge is 0.485 e. The molecule has 0 saturated carbocycles. The first kappa shape index (κ1) is 18.2. The van der Waals surface area contributed by atoms with E-state index in [2.05, 4.69) is 5.32 Å². The van der Waals surface area contributed by atoms with Gasteiger partial charge in [-0.05, 0) is 49.2 Å². The van der Waals surface area contributed by atoms with Crippen LogP contribution in [0.1, 0.15) is 27.4 Å². The molecule has 3 aromatic rings. The first-order valence-corrected chi connectivity index (χ1v) is 8.27. The smallest absolute Gasteiger partial charge is 0.291 e. The molecule has 27 heavy (non-hydrogen) atoms. The van der Waals surface area contributed by atoms with Gasteiger partial charge in [-0.1, -0.05) is 18.2 Å². The number of carbonyl (C=O) groups is 1. The number of anilines is 1. The fourth-order valence-corrected chi connectivity index (χ4v) is 2.61. The van der Waals surface area contributed by atoms with Crippen molar-refractivity contribution < 1.29 is 18.9 Å². The summed E-state index contributed by atoms with van der Waals surface area (Å²) in [5, 5.41) is 13.3. The molecule has 138 valence electrons. The van der Waals surface area contributed by atoms with Crippen LogP contribution in [0.15, 0.2) is 59.0 Å². The molecular formula is C20H18N2O5. The molecule has 1 N–H and O–H groups in total. The Hall–Kier alpha value is -3.61. The molecule has 0 spiro atoms. The van der Waals surface area contributed by atoms with E-state index in [9.17, 15) is 14.9 Å². The van der Waals surface area contributed by atoms with Crippen LogP contribution in [-0.4, -0.2) is 10.8 Å². The summed E-state index contributed by atoms with van der Waals surface area (Å²) in [5.74, 6) is 1.01. The quantitative estimate of drug-likeness (QED) is 0.507. The minimum atomic E-state index is -0.499. The van der Waals surface area contributed by atoms with Crippen molar-refractivity contribution >= 4 is 17.3 Å². The fourth-order valence-electron chi connectivity index (χ4n) is 2.61. The van der Waals surface area contributed by atoms with Crippen molar-refractivity contribution in [1.29, 1.82) is 0 Å². The Labute approximate surface area is 155 Å². The van der Waals surface area contributed by atoms with Gasteiger partial charge in [-0.3, -0.25) is 14.9 Å². The average Bonchev–Trinajstić information content (AvgIpc) is 3.11. The summed E-state index contributed by atoms with van der Waals surface area (Å²) in [5.41, 5.74) is 2.45. The van der Waals surface area contributed by atoms with E-state index in [1.54, 1.807) is 12.1 Å². The summed E-state index contributed by atoms with van der Waals surface area (Å²) in [6.45, 7) is 4.14. The molecule has 0 unspecified atom stereocenters. The van der Waals surface area contributed by atoms with Crippen LogP contribution in [0.2, 0.25) is 0 Å². The SMILES string of the molecule is Cc1cccc(C)c1OCc1ccc(C(=O)Nc2ccc([N+](=O)[O-])cc2)o1. The highest BCUT2D eigenvalue weighted by Crippen LogP contribution is 2.24. The van der Waals surface area contributed by atoms with Gasteiger partial charge in [0.2, 0.25) is 0 Å². The summed E-state index contributed by atoms with van der Waals surface area (Å²) < 4.78 is 11.3. The number of nitrogens with zero attached hydrogens (tertiary/aromatic N) is 1. The fraction of sp³-hybridized carbons (Fsp3) is 0.150. The molecule has 2 aromatic carbocycles. The Morgan fingerprint density at radius 1 is 1.07 bits per heavy atom. The number of amides is 1. The Bertz CT molecular complexity index is 956. The van der Waals surface area contributed by atoms with Crippen LogP contribution >= 0.6 is 0 Å². The second-order valence-corrected chi connectivity index (χ2v) is 6.03. The molecule has 0 aliphatic rings. The van der Waals surface area contributed by atoms with E-state index >= 15 is 0 Å². The normalized spacial score (nSPS) is 10.4. The van der Waals surface area contributed by atoms with Gasteiger partial charge in [0.15, 0.2) is 5.76 Å². The van der Waals surface area contributed by atoms with E-state index < -0.39 is 10.8 Å². The monoisotopic (exact) mass is 366 g/mol. The van der Waals surface area contributed by atoms with Gasteiger partial charge in [-0.2, -0.15) is 0 Å². The van der Waals surface area contributed by atoms with E-state index in [0.29, 0.717) is 11.4 Å². The predicted octanol–water partition coefficient (Wildman–Crippen LogP) is 4.64. The lowest BCUT2D eigenvalue weighted by atomic mass is 10.1. The lowest BCUT2D eigenvalue weighted by Crippen LogP contribution is -2.10. The number of aryl methyl sites for hydroxylation is 2. The number of furan rings is 1. The van der Waals surface area contributed by atoms with Crippen LogP contribution in [0.3, 0.4) is 0 Å². The third-order valence-electron chi connectivity index (χ3n) is 3.99. The van der Waals surface area contributed by atoms with Gasteiger partial charge < -0.3 is 14.5 Å². The van der Waals surface area contributed by atoms with Gasteiger partial charge in [-0.25, -0.2) is 0 Å². The Morgan fingerprint density at radius 3 is 2.37 bits per heavy atom. The molecule has 1 heterocycles. The topological polar surface area (TPSA) is 94.6 Å². The van der Waals surface area contributed by atoms with E-state index in [1.165, 1.54) is 24.3 Å². The van der Waals surface area contributed by atoms with Gasteiger partial charge >= 0.3 is 0 Å². The Balaban J connectivity index is 1.63. The molecule has 0 aliphatic carbocycles. The highest BCUT2D eigenvalue weighted by Gasteiger charge is 2.13. The summed E-state index contributed by atoms with van der Waals surface area (Å²) in [6, 6.07) is 14.7. The third kappa shape index (κ3) is 4.33. The van der Waals surface area contributed by atoms with Crippen LogP contribution in [-0.2, 0) is 6.61 Å². The number of hydrogen-bond donors (Lipinski definition) is 1. The molecule has 3 rings (SSSR count). The molecule has 7 nitrogen and oxygen atoms in total. The molecular weight excluding hydrogens is 348 g/mol. The zero-order chi connectivity index (χ0) is 19.4. The number of nitro groups is 1. The molecule has 0 radical (unpaired) electrons. The third-order valence-corrected chi connectivity index (χ3v) is 3.99. The number of nitro benzene ring substituents is 1. The zero-order valence-electron chi connectivity index (χ0n) is 14.9. The molecule has 7 heteroatoms. The number of benzene rings is 2. The summed E-state index contributed by atoms with van der Waals surface area (Å²) in [7, 11) is 0. The van der Waals surface area contributed by atoms with Crippen LogP contribution in [0, 0.1) is 24.0 Å². The van der Waals surface area contributed by atoms with E-state index in [0.717, 1.165) is 16.9 Å². The minimum absolute atomic E-state index is 0.0445. The van der Waals surface area contributed by atoms with Crippen LogP contribution in [0.4, 0.5) is 11.4 Å². The first-order chi connectivity index (χ1) is 12.9. The zero-order valence-corrected chi connectivity index (χ0v) is 14.9. The average molecular weight is 366 g/mol. The van der Waals surface area contributed by atoms with E-state index in [1.807, 2.05) is 32.0 Å². The van der Waals surface area contributed by atoms with Crippen LogP contribution in [0.5, 0.6) is 5.75 Å². The van der Waals surface area contributed by atoms with Crippen molar-refractivity contribution in [2.75, 3.05) is 5.32 Å². The Kier molecular flexibility index (Phi) is 5.21. The molecule has 1 aromatic heterocycles. The van der Waals surface area contributed by atoms with Crippen molar-refractivity contribution in [3.05, 3.63) is 87.4 Å². The minimum Gasteiger partial charge on any atom is -0.485 e. The summed E-state index contributed by atoms with van der Waals surface area (Å²) in [6.07, 6.45) is 0. The van der Waals surface area contributed by atoms with Crippen molar-refractivity contribution in [2.24, 2.45) is 0 Å². The number of rotatable bonds is 6. The van der Waals surface area contributed by atoms with Crippen LogP contribution < -0.4 is 10.1 Å². The molecule has 0 bridgehead atoms. The maximum absolute atomic E-state index is 12.2. The number of carbonyl (C=O) groups excluding carboxylic acids is 1. The van der Waals surface area contributed by atoms with E-state index in [-0.39, 0.29) is 18.1 Å². The maximum atomic E-state index is 12.2. The summed E-state index contributed by atoms with van der Waals surface area (Å²) >= 11 is 0. The van der Waals surface area contributed by atoms with Crippen molar-refractivity contribution in [3.63, 3.8) is 0 Å². The number of para-hydroxylation sites is 1. The standard InChI is InChI=1S/C20H18N2O5/c1-13-4-3-5-14(2)19(13)26-12-17-10-11-18(27-17)20(23)21-15-6-8-16(9-7-15)22(24)25/h3-11H,12H2,1-2H3,(H,21,23). The lowest BCUT2D eigenvalue weighted by Gasteiger charge is -2.10. The van der Waals surface area contributed by atoms with Gasteiger partial charge in [0.1, 0.15) is 18.1 Å². The predicted molar refractivity (Wildman–Crippen MR) is 100 cm³/mol. The number of non-ortho nitro benzene ring substituents is 1. The van der Waals surface area contributed by atoms with Gasteiger partial charge in [0, 0.05) is 17.8 Å². The second kappa shape index (κ2) is 7.74. The number of nitrogens with one attached hydrogen (secondary N) is 1. The van der Waals surface area contributed by atoms with Gasteiger partial charge in [-0.15, -0.1) is 0 Å². The highest BCUT2D eigenvalue weighted by atomic mass is 16.6. The highest BCUT2D eigenvalue weighted by molar-refractivity contribution is 6.02. The second-order valence-electron chi connectivity index (χ2n) is 6.03. The summed E-state index contributed by atoms with van der Waals surface area (Å²) in [4.78, 5) is 22.4. The molecule has 0 atom stereocenters. The molecule has 0 saturated heterocycles. The molecule has 0 aliphatic heterocycles. The number of hydrogen-bond acceptors (Lipinski definition) is 5. The lowest BCUT2D eigenvalue weighted by molar-refractivity contribution is -0.384. The first-order valence-electron chi connectivity index (χ1n) is 8.27. The van der Waals surface area contributed by atoms with Crippen LogP contribution in [0.25, 0.3) is 0 Å². The maximum Gasteiger partial charge on any atom is 0.291 e. The van der Waals surface area contributed by atoms with Crippen molar-refractivity contribution in [1.82, 2.24) is 0 Å². The molecule has 0 fully saturated rings. The van der Waals surface area contributed by atoms with Crippen molar-refractivity contribution in [2.45, 2.75) is 20.5 Å². The van der Waals surface area contributed by atoms with Gasteiger partial charge in [0.05, 0.1) is 4.92 Å².